The summed E-state index contributed by atoms with van der Waals surface area (Å²) in [6.07, 6.45) is 1.47. The SMILES string of the molecule is COc1ccc(OC)c(NC(=O)CSc2ncnc3nc(N(C)C)sc23)c1. The first-order valence-corrected chi connectivity index (χ1v) is 9.75. The van der Waals surface area contributed by atoms with Gasteiger partial charge in [-0.05, 0) is 12.1 Å². The molecule has 1 amide bonds. The maximum absolute atomic E-state index is 12.4. The van der Waals surface area contributed by atoms with Gasteiger partial charge in [0, 0.05) is 20.2 Å². The molecule has 27 heavy (non-hydrogen) atoms. The van der Waals surface area contributed by atoms with E-state index in [0.717, 1.165) is 14.9 Å². The fourth-order valence-electron chi connectivity index (χ4n) is 2.25. The van der Waals surface area contributed by atoms with E-state index in [4.69, 9.17) is 9.47 Å². The van der Waals surface area contributed by atoms with Crippen LogP contribution in [0.5, 0.6) is 11.5 Å². The molecule has 0 radical (unpaired) electrons. The van der Waals surface area contributed by atoms with Gasteiger partial charge >= 0.3 is 0 Å². The highest BCUT2D eigenvalue weighted by Gasteiger charge is 2.15. The van der Waals surface area contributed by atoms with Crippen molar-refractivity contribution in [2.75, 3.05) is 44.3 Å². The summed E-state index contributed by atoms with van der Waals surface area (Å²) in [6, 6.07) is 5.24. The van der Waals surface area contributed by atoms with Crippen LogP contribution >= 0.6 is 23.1 Å². The number of hydrogen-bond donors (Lipinski definition) is 1. The molecular formula is C17H19N5O3S2. The standard InChI is InChI=1S/C17H19N5O3S2/c1-22(2)17-21-15-14(27-17)16(19-9-18-15)26-8-13(23)20-11-7-10(24-3)5-6-12(11)25-4/h5-7,9H,8H2,1-4H3,(H,20,23). The Labute approximate surface area is 164 Å². The molecule has 3 aromatic rings. The van der Waals surface area contributed by atoms with Crippen molar-refractivity contribution in [1.29, 1.82) is 0 Å². The molecule has 1 aromatic carbocycles. The fourth-order valence-corrected chi connectivity index (χ4v) is 4.06. The quantitative estimate of drug-likeness (QED) is 0.474. The van der Waals surface area contributed by atoms with Crippen molar-refractivity contribution in [2.45, 2.75) is 5.03 Å². The Morgan fingerprint density at radius 2 is 2.07 bits per heavy atom. The number of anilines is 2. The number of thiazole rings is 1. The number of benzene rings is 1. The van der Waals surface area contributed by atoms with Crippen LogP contribution in [-0.2, 0) is 4.79 Å². The molecule has 1 N–H and O–H groups in total. The number of rotatable bonds is 7. The molecule has 0 bridgehead atoms. The maximum Gasteiger partial charge on any atom is 0.234 e. The highest BCUT2D eigenvalue weighted by atomic mass is 32.2. The van der Waals surface area contributed by atoms with Gasteiger partial charge in [-0.25, -0.2) is 9.97 Å². The molecule has 0 unspecified atom stereocenters. The Balaban J connectivity index is 1.72. The summed E-state index contributed by atoms with van der Waals surface area (Å²) < 4.78 is 11.4. The van der Waals surface area contributed by atoms with Crippen molar-refractivity contribution >= 4 is 50.2 Å². The predicted octanol–water partition coefficient (Wildman–Crippen LogP) is 2.90. The lowest BCUT2D eigenvalue weighted by Gasteiger charge is -2.11. The number of nitrogens with one attached hydrogen (secondary N) is 1. The monoisotopic (exact) mass is 405 g/mol. The van der Waals surface area contributed by atoms with Crippen molar-refractivity contribution < 1.29 is 14.3 Å². The van der Waals surface area contributed by atoms with Gasteiger partial charge in [0.15, 0.2) is 10.8 Å². The minimum absolute atomic E-state index is 0.171. The minimum atomic E-state index is -0.171. The first kappa shape index (κ1) is 19.2. The van der Waals surface area contributed by atoms with Crippen LogP contribution in [0.2, 0.25) is 0 Å². The van der Waals surface area contributed by atoms with E-state index < -0.39 is 0 Å². The zero-order valence-corrected chi connectivity index (χ0v) is 17.0. The second kappa shape index (κ2) is 8.40. The van der Waals surface area contributed by atoms with E-state index in [1.54, 1.807) is 32.4 Å². The van der Waals surface area contributed by atoms with Gasteiger partial charge in [0.05, 0.1) is 25.7 Å². The van der Waals surface area contributed by atoms with Crippen molar-refractivity contribution in [3.8, 4) is 11.5 Å². The number of amides is 1. The van der Waals surface area contributed by atoms with E-state index in [1.165, 1.54) is 29.4 Å². The van der Waals surface area contributed by atoms with Gasteiger partial charge in [0.25, 0.3) is 0 Å². The van der Waals surface area contributed by atoms with Gasteiger partial charge in [-0.3, -0.25) is 4.79 Å². The van der Waals surface area contributed by atoms with Gasteiger partial charge in [0.1, 0.15) is 27.6 Å². The molecule has 0 aliphatic rings. The number of ether oxygens (including phenoxy) is 2. The van der Waals surface area contributed by atoms with Crippen LogP contribution < -0.4 is 19.7 Å². The summed E-state index contributed by atoms with van der Waals surface area (Å²) in [7, 11) is 6.97. The molecular weight excluding hydrogens is 386 g/mol. The predicted molar refractivity (Wildman–Crippen MR) is 108 cm³/mol. The van der Waals surface area contributed by atoms with E-state index in [2.05, 4.69) is 20.3 Å². The highest BCUT2D eigenvalue weighted by Crippen LogP contribution is 2.33. The molecule has 10 heteroatoms. The summed E-state index contributed by atoms with van der Waals surface area (Å²) in [5, 5.41) is 4.43. The third-order valence-corrected chi connectivity index (χ3v) is 5.89. The molecule has 0 spiro atoms. The minimum Gasteiger partial charge on any atom is -0.497 e. The van der Waals surface area contributed by atoms with Crippen molar-refractivity contribution in [3.63, 3.8) is 0 Å². The zero-order valence-electron chi connectivity index (χ0n) is 15.3. The Morgan fingerprint density at radius 3 is 2.78 bits per heavy atom. The normalized spacial score (nSPS) is 10.7. The topological polar surface area (TPSA) is 89.5 Å². The van der Waals surface area contributed by atoms with E-state index >= 15 is 0 Å². The lowest BCUT2D eigenvalue weighted by molar-refractivity contribution is -0.113. The van der Waals surface area contributed by atoms with Crippen LogP contribution in [0.25, 0.3) is 10.3 Å². The number of carbonyl (C=O) groups is 1. The molecule has 0 atom stereocenters. The molecule has 2 heterocycles. The second-order valence-electron chi connectivity index (χ2n) is 5.63. The number of carbonyl (C=O) groups excluding carboxylic acids is 1. The van der Waals surface area contributed by atoms with Crippen LogP contribution in [0, 0.1) is 0 Å². The molecule has 0 aliphatic heterocycles. The smallest absolute Gasteiger partial charge is 0.234 e. The molecule has 0 saturated heterocycles. The Hall–Kier alpha value is -2.59. The van der Waals surface area contributed by atoms with E-state index in [-0.39, 0.29) is 11.7 Å². The Morgan fingerprint density at radius 1 is 1.26 bits per heavy atom. The molecule has 0 aliphatic carbocycles. The largest absolute Gasteiger partial charge is 0.497 e. The van der Waals surface area contributed by atoms with Crippen LogP contribution in [0.3, 0.4) is 0 Å². The molecule has 2 aromatic heterocycles. The van der Waals surface area contributed by atoms with E-state index in [0.29, 0.717) is 22.8 Å². The van der Waals surface area contributed by atoms with Crippen molar-refractivity contribution in [1.82, 2.24) is 15.0 Å². The summed E-state index contributed by atoms with van der Waals surface area (Å²) in [4.78, 5) is 27.3. The summed E-state index contributed by atoms with van der Waals surface area (Å²) in [5.41, 5.74) is 1.19. The molecule has 0 fully saturated rings. The Kier molecular flexibility index (Phi) is 5.97. The van der Waals surface area contributed by atoms with Crippen molar-refractivity contribution in [2.24, 2.45) is 0 Å². The maximum atomic E-state index is 12.4. The zero-order chi connectivity index (χ0) is 19.4. The number of nitrogens with zero attached hydrogens (tertiary/aromatic N) is 4. The molecule has 8 nitrogen and oxygen atoms in total. The second-order valence-corrected chi connectivity index (χ2v) is 7.57. The van der Waals surface area contributed by atoms with Crippen LogP contribution in [0.4, 0.5) is 10.8 Å². The van der Waals surface area contributed by atoms with Gasteiger partial charge in [-0.2, -0.15) is 4.98 Å². The summed E-state index contributed by atoms with van der Waals surface area (Å²) >= 11 is 2.84. The van der Waals surface area contributed by atoms with Crippen LogP contribution in [0.15, 0.2) is 29.6 Å². The lowest BCUT2D eigenvalue weighted by Crippen LogP contribution is -2.15. The summed E-state index contributed by atoms with van der Waals surface area (Å²) in [5.74, 6) is 1.23. The number of fused-ring (bicyclic) bond motifs is 1. The first-order valence-electron chi connectivity index (χ1n) is 7.95. The third-order valence-electron chi connectivity index (χ3n) is 3.55. The van der Waals surface area contributed by atoms with Gasteiger partial charge in [-0.15, -0.1) is 0 Å². The average Bonchev–Trinajstić information content (AvgIpc) is 3.11. The number of methoxy groups -OCH3 is 2. The molecule has 0 saturated carbocycles. The average molecular weight is 406 g/mol. The van der Waals surface area contributed by atoms with Crippen LogP contribution in [0.1, 0.15) is 0 Å². The van der Waals surface area contributed by atoms with Crippen molar-refractivity contribution in [3.05, 3.63) is 24.5 Å². The molecule has 142 valence electrons. The number of thioether (sulfide) groups is 1. The van der Waals surface area contributed by atoms with E-state index in [1.807, 2.05) is 19.0 Å². The first-order chi connectivity index (χ1) is 13.0. The number of aromatic nitrogens is 3. The third kappa shape index (κ3) is 4.40. The van der Waals surface area contributed by atoms with Gasteiger partial charge in [-0.1, -0.05) is 23.1 Å². The number of hydrogen-bond acceptors (Lipinski definition) is 9. The molecule has 3 rings (SSSR count). The Bertz CT molecular complexity index is 961. The lowest BCUT2D eigenvalue weighted by atomic mass is 10.2. The van der Waals surface area contributed by atoms with Crippen LogP contribution in [-0.4, -0.2) is 54.9 Å². The fraction of sp³-hybridized carbons (Fsp3) is 0.294. The highest BCUT2D eigenvalue weighted by molar-refractivity contribution is 8.00. The summed E-state index contributed by atoms with van der Waals surface area (Å²) in [6.45, 7) is 0. The van der Waals surface area contributed by atoms with Gasteiger partial charge in [0.2, 0.25) is 5.91 Å². The van der Waals surface area contributed by atoms with E-state index in [9.17, 15) is 4.79 Å². The van der Waals surface area contributed by atoms with Gasteiger partial charge < -0.3 is 19.7 Å².